The number of hydrogen-bond acceptors (Lipinski definition) is 4. The average Bonchev–Trinajstić information content (AvgIpc) is 3.28. The molecule has 1 aromatic carbocycles. The Labute approximate surface area is 142 Å². The zero-order valence-electron chi connectivity index (χ0n) is 14.5. The van der Waals surface area contributed by atoms with Gasteiger partial charge in [-0.15, -0.1) is 0 Å². The van der Waals surface area contributed by atoms with Crippen LogP contribution < -0.4 is 5.63 Å². The summed E-state index contributed by atoms with van der Waals surface area (Å²) in [5, 5.41) is 11.5. The summed E-state index contributed by atoms with van der Waals surface area (Å²) >= 11 is 0. The van der Waals surface area contributed by atoms with E-state index in [0.717, 1.165) is 61.8 Å². The normalized spacial score (nSPS) is 23.5. The summed E-state index contributed by atoms with van der Waals surface area (Å²) in [6.07, 6.45) is 4.12. The number of likely N-dealkylation sites (tertiary alicyclic amines) is 1. The van der Waals surface area contributed by atoms with Crippen molar-refractivity contribution in [1.29, 1.82) is 0 Å². The highest BCUT2D eigenvalue weighted by Gasteiger charge is 2.48. The van der Waals surface area contributed by atoms with Crippen LogP contribution in [0.15, 0.2) is 27.4 Å². The van der Waals surface area contributed by atoms with Gasteiger partial charge in [0.2, 0.25) is 0 Å². The quantitative estimate of drug-likeness (QED) is 0.880. The summed E-state index contributed by atoms with van der Waals surface area (Å²) in [6.45, 7) is 6.75. The lowest BCUT2D eigenvalue weighted by Crippen LogP contribution is -2.41. The van der Waals surface area contributed by atoms with E-state index in [0.29, 0.717) is 11.5 Å². The van der Waals surface area contributed by atoms with E-state index in [4.69, 9.17) is 4.42 Å². The maximum Gasteiger partial charge on any atom is 0.336 e. The molecule has 4 nitrogen and oxygen atoms in total. The molecule has 1 atom stereocenters. The van der Waals surface area contributed by atoms with Gasteiger partial charge in [-0.3, -0.25) is 4.90 Å². The monoisotopic (exact) mass is 327 g/mol. The van der Waals surface area contributed by atoms with E-state index in [1.54, 1.807) is 6.07 Å². The maximum absolute atomic E-state index is 12.0. The minimum Gasteiger partial charge on any atom is -0.422 e. The summed E-state index contributed by atoms with van der Waals surface area (Å²) in [5.41, 5.74) is 3.24. The number of piperidine rings is 1. The minimum absolute atomic E-state index is 0.279. The topological polar surface area (TPSA) is 53.7 Å². The molecule has 4 heteroatoms. The van der Waals surface area contributed by atoms with Gasteiger partial charge < -0.3 is 9.52 Å². The van der Waals surface area contributed by atoms with Crippen molar-refractivity contribution in [3.63, 3.8) is 0 Å². The van der Waals surface area contributed by atoms with Crippen molar-refractivity contribution in [2.75, 3.05) is 13.1 Å². The lowest BCUT2D eigenvalue weighted by atomic mass is 9.90. The lowest BCUT2D eigenvalue weighted by molar-refractivity contribution is 0.0293. The number of hydrogen-bond donors (Lipinski definition) is 1. The van der Waals surface area contributed by atoms with Crippen molar-refractivity contribution in [2.24, 2.45) is 5.92 Å². The molecule has 0 radical (unpaired) electrons. The van der Waals surface area contributed by atoms with Crippen LogP contribution in [-0.4, -0.2) is 28.7 Å². The van der Waals surface area contributed by atoms with Gasteiger partial charge in [0.15, 0.2) is 0 Å². The summed E-state index contributed by atoms with van der Waals surface area (Å²) in [5.74, 6) is 0.376. The average molecular weight is 327 g/mol. The Balaban J connectivity index is 1.65. The van der Waals surface area contributed by atoms with Crippen LogP contribution in [0.1, 0.15) is 42.4 Å². The first-order valence-corrected chi connectivity index (χ1v) is 8.93. The predicted molar refractivity (Wildman–Crippen MR) is 94.1 cm³/mol. The highest BCUT2D eigenvalue weighted by atomic mass is 16.4. The van der Waals surface area contributed by atoms with Crippen molar-refractivity contribution < 1.29 is 9.52 Å². The Morgan fingerprint density at radius 3 is 2.83 bits per heavy atom. The fourth-order valence-corrected chi connectivity index (χ4v) is 4.22. The Kier molecular flexibility index (Phi) is 3.77. The molecule has 1 aliphatic heterocycles. The Hall–Kier alpha value is -1.65. The van der Waals surface area contributed by atoms with Crippen LogP contribution in [0.3, 0.4) is 0 Å². The molecule has 4 rings (SSSR count). The molecule has 1 saturated carbocycles. The minimum atomic E-state index is -0.413. The molecule has 2 heterocycles. The molecule has 128 valence electrons. The van der Waals surface area contributed by atoms with Crippen molar-refractivity contribution in [3.8, 4) is 0 Å². The fraction of sp³-hybridized carbons (Fsp3) is 0.550. The van der Waals surface area contributed by atoms with Crippen LogP contribution in [0.4, 0.5) is 0 Å². The standard InChI is InChI=1S/C20H25NO3/c1-13-8-14(2)19-17(9-13)15(10-18(22)24-19)11-21-7-3-4-16(12-21)20(23)5-6-20/h8-10,16,23H,3-7,11-12H2,1-2H3. The number of nitrogens with zero attached hydrogens (tertiary/aromatic N) is 1. The highest BCUT2D eigenvalue weighted by molar-refractivity contribution is 5.83. The largest absolute Gasteiger partial charge is 0.422 e. The highest BCUT2D eigenvalue weighted by Crippen LogP contribution is 2.45. The second kappa shape index (κ2) is 5.71. The van der Waals surface area contributed by atoms with Crippen molar-refractivity contribution in [2.45, 2.75) is 51.7 Å². The Morgan fingerprint density at radius 1 is 1.29 bits per heavy atom. The van der Waals surface area contributed by atoms with E-state index in [1.165, 1.54) is 5.56 Å². The molecule has 0 amide bonds. The second-order valence-electron chi connectivity index (χ2n) is 7.73. The lowest BCUT2D eigenvalue weighted by Gasteiger charge is -2.35. The van der Waals surface area contributed by atoms with Crippen LogP contribution >= 0.6 is 0 Å². The molecule has 1 saturated heterocycles. The van der Waals surface area contributed by atoms with Gasteiger partial charge in [0.25, 0.3) is 0 Å². The van der Waals surface area contributed by atoms with Gasteiger partial charge in [-0.25, -0.2) is 4.79 Å². The van der Waals surface area contributed by atoms with E-state index in [1.807, 2.05) is 6.92 Å². The third kappa shape index (κ3) is 2.89. The number of aliphatic hydroxyl groups is 1. The zero-order valence-corrected chi connectivity index (χ0v) is 14.5. The third-order valence-electron chi connectivity index (χ3n) is 5.68. The van der Waals surface area contributed by atoms with Crippen LogP contribution in [0.5, 0.6) is 0 Å². The number of benzene rings is 1. The molecule has 1 N–H and O–H groups in total. The van der Waals surface area contributed by atoms with Gasteiger partial charge in [0, 0.05) is 30.5 Å². The zero-order chi connectivity index (χ0) is 16.9. The van der Waals surface area contributed by atoms with E-state index >= 15 is 0 Å². The molecule has 2 aromatic rings. The van der Waals surface area contributed by atoms with E-state index in [2.05, 4.69) is 24.0 Å². The smallest absolute Gasteiger partial charge is 0.336 e. The van der Waals surface area contributed by atoms with Gasteiger partial charge in [-0.05, 0) is 68.8 Å². The second-order valence-corrected chi connectivity index (χ2v) is 7.73. The third-order valence-corrected chi connectivity index (χ3v) is 5.68. The van der Waals surface area contributed by atoms with Gasteiger partial charge in [0.05, 0.1) is 5.60 Å². The van der Waals surface area contributed by atoms with Crippen molar-refractivity contribution >= 4 is 11.0 Å². The summed E-state index contributed by atoms with van der Waals surface area (Å²) < 4.78 is 5.45. The van der Waals surface area contributed by atoms with E-state index < -0.39 is 5.60 Å². The van der Waals surface area contributed by atoms with Crippen molar-refractivity contribution in [1.82, 2.24) is 4.90 Å². The maximum atomic E-state index is 12.0. The Morgan fingerprint density at radius 2 is 2.08 bits per heavy atom. The van der Waals surface area contributed by atoms with Gasteiger partial charge >= 0.3 is 5.63 Å². The molecule has 2 aliphatic rings. The van der Waals surface area contributed by atoms with E-state index in [9.17, 15) is 9.90 Å². The van der Waals surface area contributed by atoms with Gasteiger partial charge in [-0.1, -0.05) is 6.07 Å². The predicted octanol–water partition coefficient (Wildman–Crippen LogP) is 3.15. The molecular weight excluding hydrogens is 302 g/mol. The Bertz CT molecular complexity index is 835. The SMILES string of the molecule is Cc1cc(C)c2oc(=O)cc(CN3CCCC(C4(O)CC4)C3)c2c1. The molecule has 24 heavy (non-hydrogen) atoms. The summed E-state index contributed by atoms with van der Waals surface area (Å²) in [6, 6.07) is 5.79. The molecule has 1 aromatic heterocycles. The van der Waals surface area contributed by atoms with Crippen LogP contribution in [0.25, 0.3) is 11.0 Å². The fourth-order valence-electron chi connectivity index (χ4n) is 4.22. The molecule has 2 fully saturated rings. The van der Waals surface area contributed by atoms with Crippen LogP contribution in [0, 0.1) is 19.8 Å². The van der Waals surface area contributed by atoms with Gasteiger partial charge in [0.1, 0.15) is 5.58 Å². The number of aryl methyl sites for hydroxylation is 2. The molecular formula is C20H25NO3. The molecule has 0 spiro atoms. The summed E-state index contributed by atoms with van der Waals surface area (Å²) in [7, 11) is 0. The number of fused-ring (bicyclic) bond motifs is 1. The summed E-state index contributed by atoms with van der Waals surface area (Å²) in [4.78, 5) is 14.4. The molecule has 0 bridgehead atoms. The first-order chi connectivity index (χ1) is 11.4. The molecule has 1 aliphatic carbocycles. The van der Waals surface area contributed by atoms with Crippen molar-refractivity contribution in [3.05, 3.63) is 45.3 Å². The van der Waals surface area contributed by atoms with Gasteiger partial charge in [-0.2, -0.15) is 0 Å². The van der Waals surface area contributed by atoms with Crippen LogP contribution in [-0.2, 0) is 6.54 Å². The first-order valence-electron chi connectivity index (χ1n) is 8.93. The molecule has 1 unspecified atom stereocenters. The number of rotatable bonds is 3. The van der Waals surface area contributed by atoms with Crippen LogP contribution in [0.2, 0.25) is 0 Å². The van der Waals surface area contributed by atoms with E-state index in [-0.39, 0.29) is 5.63 Å². The first kappa shape index (κ1) is 15.9.